The van der Waals surface area contributed by atoms with Crippen LogP contribution in [0.1, 0.15) is 5.56 Å². The molecule has 17 heavy (non-hydrogen) atoms. The van der Waals surface area contributed by atoms with Crippen molar-refractivity contribution in [1.29, 1.82) is 0 Å². The second kappa shape index (κ2) is 6.74. The largest absolute Gasteiger partial charge is 1.00 e. The Kier molecular flexibility index (Phi) is 6.70. The molecule has 1 aromatic carbocycles. The minimum Gasteiger partial charge on any atom is -0.521 e. The number of rotatable bonds is 4. The summed E-state index contributed by atoms with van der Waals surface area (Å²) in [6, 6.07) is 3.54. The number of non-ortho nitro benzene ring substituents is 1. The molecule has 0 aromatic heterocycles. The summed E-state index contributed by atoms with van der Waals surface area (Å²) >= 11 is 0. The number of hydrogen-bond donors (Lipinski definition) is 0. The molecule has 0 fully saturated rings. The van der Waals surface area contributed by atoms with Gasteiger partial charge in [0.05, 0.1) is 17.5 Å². The van der Waals surface area contributed by atoms with Crippen molar-refractivity contribution in [2.75, 3.05) is 6.51 Å². The van der Waals surface area contributed by atoms with Crippen LogP contribution in [0.2, 0.25) is 0 Å². The maximum atomic E-state index is 11.9. The summed E-state index contributed by atoms with van der Waals surface area (Å²) in [6.45, 7) is -4.95. The van der Waals surface area contributed by atoms with E-state index in [4.69, 9.17) is 0 Å². The van der Waals surface area contributed by atoms with E-state index in [0.717, 1.165) is 6.07 Å². The predicted molar refractivity (Wildman–Crippen MR) is 52.4 cm³/mol. The molecular formula is C8H8BF3KNO3. The second-order valence-corrected chi connectivity index (χ2v) is 3.23. The van der Waals surface area contributed by atoms with Crippen molar-refractivity contribution in [1.82, 2.24) is 0 Å². The molecule has 9 heteroatoms. The van der Waals surface area contributed by atoms with Crippen LogP contribution < -0.4 is 56.1 Å². The SMILES string of the molecule is Cc1ccc([N+](=O)[O-])cc1OC[B-](F)(F)F.[K+]. The molecule has 0 amide bonds. The number of nitrogens with zero attached hydrogens (tertiary/aromatic N) is 1. The smallest absolute Gasteiger partial charge is 0.521 e. The van der Waals surface area contributed by atoms with Crippen molar-refractivity contribution < 1.29 is 74.0 Å². The number of benzene rings is 1. The minimum atomic E-state index is -5.06. The molecule has 4 nitrogen and oxygen atoms in total. The molecule has 0 aliphatic rings. The summed E-state index contributed by atoms with van der Waals surface area (Å²) in [7, 11) is 0. The fourth-order valence-corrected chi connectivity index (χ4v) is 1.04. The van der Waals surface area contributed by atoms with E-state index in [1.54, 1.807) is 0 Å². The molecule has 88 valence electrons. The average Bonchev–Trinajstić information content (AvgIpc) is 2.14. The van der Waals surface area contributed by atoms with Crippen molar-refractivity contribution in [2.24, 2.45) is 0 Å². The summed E-state index contributed by atoms with van der Waals surface area (Å²) in [4.78, 5) is 9.71. The maximum absolute atomic E-state index is 11.9. The molecule has 0 heterocycles. The van der Waals surface area contributed by atoms with E-state index in [2.05, 4.69) is 4.74 Å². The van der Waals surface area contributed by atoms with Crippen LogP contribution in [-0.4, -0.2) is 18.4 Å². The summed E-state index contributed by atoms with van der Waals surface area (Å²) in [5, 5.41) is 10.4. The van der Waals surface area contributed by atoms with Gasteiger partial charge in [0.2, 0.25) is 0 Å². The molecule has 0 aliphatic heterocycles. The Balaban J connectivity index is 0.00000256. The van der Waals surface area contributed by atoms with Crippen LogP contribution in [0.5, 0.6) is 5.75 Å². The van der Waals surface area contributed by atoms with E-state index in [0.29, 0.717) is 5.56 Å². The third-order valence-electron chi connectivity index (χ3n) is 1.81. The number of hydrogen-bond acceptors (Lipinski definition) is 3. The molecular weight excluding hydrogens is 265 g/mol. The summed E-state index contributed by atoms with van der Waals surface area (Å²) < 4.78 is 40.3. The second-order valence-electron chi connectivity index (χ2n) is 3.23. The van der Waals surface area contributed by atoms with Crippen molar-refractivity contribution in [3.63, 3.8) is 0 Å². The third-order valence-corrected chi connectivity index (χ3v) is 1.81. The average molecular weight is 273 g/mol. The van der Waals surface area contributed by atoms with Crippen molar-refractivity contribution in [3.05, 3.63) is 33.9 Å². The number of aryl methyl sites for hydroxylation is 1. The summed E-state index contributed by atoms with van der Waals surface area (Å²) in [5.41, 5.74) is 0.126. The molecule has 0 radical (unpaired) electrons. The van der Waals surface area contributed by atoms with E-state index in [1.807, 2.05) is 0 Å². The molecule has 0 aliphatic carbocycles. The van der Waals surface area contributed by atoms with Gasteiger partial charge in [0, 0.05) is 6.07 Å². The van der Waals surface area contributed by atoms with Gasteiger partial charge in [0.15, 0.2) is 0 Å². The zero-order valence-electron chi connectivity index (χ0n) is 9.32. The Morgan fingerprint density at radius 2 is 2.00 bits per heavy atom. The normalized spacial score (nSPS) is 10.6. The zero-order chi connectivity index (χ0) is 12.3. The first-order chi connectivity index (χ1) is 7.29. The van der Waals surface area contributed by atoms with Crippen LogP contribution in [-0.2, 0) is 0 Å². The van der Waals surface area contributed by atoms with Crippen LogP contribution >= 0.6 is 0 Å². The Bertz CT molecular complexity index is 413. The molecule has 1 rings (SSSR count). The number of nitro groups is 1. The fourth-order valence-electron chi connectivity index (χ4n) is 1.04. The molecule has 0 atom stereocenters. The third kappa shape index (κ3) is 5.87. The van der Waals surface area contributed by atoms with E-state index in [9.17, 15) is 23.1 Å². The Morgan fingerprint density at radius 3 is 2.47 bits per heavy atom. The van der Waals surface area contributed by atoms with Gasteiger partial charge in [-0.05, 0) is 18.6 Å². The first-order valence-corrected chi connectivity index (χ1v) is 4.38. The minimum absolute atomic E-state index is 0. The number of ether oxygens (including phenoxy) is 1. The topological polar surface area (TPSA) is 52.4 Å². The van der Waals surface area contributed by atoms with Crippen molar-refractivity contribution in [3.8, 4) is 5.75 Å². The van der Waals surface area contributed by atoms with E-state index < -0.39 is 18.4 Å². The van der Waals surface area contributed by atoms with Crippen molar-refractivity contribution >= 4 is 12.7 Å². The maximum Gasteiger partial charge on any atom is 1.00 e. The monoisotopic (exact) mass is 273 g/mol. The Hall–Kier alpha value is -0.0887. The number of nitro benzene ring substituents is 1. The predicted octanol–water partition coefficient (Wildman–Crippen LogP) is -0.327. The molecule has 0 spiro atoms. The fraction of sp³-hybridized carbons (Fsp3) is 0.250. The molecule has 0 saturated heterocycles. The van der Waals surface area contributed by atoms with Crippen molar-refractivity contribution in [2.45, 2.75) is 6.92 Å². The van der Waals surface area contributed by atoms with Crippen LogP contribution in [0.15, 0.2) is 18.2 Å². The molecule has 0 N–H and O–H groups in total. The van der Waals surface area contributed by atoms with Crippen LogP contribution in [0.4, 0.5) is 18.6 Å². The quantitative estimate of drug-likeness (QED) is 0.429. The van der Waals surface area contributed by atoms with Gasteiger partial charge in [0.1, 0.15) is 5.75 Å². The van der Waals surface area contributed by atoms with E-state index in [-0.39, 0.29) is 62.8 Å². The summed E-state index contributed by atoms with van der Waals surface area (Å²) in [6.07, 6.45) is 0. The number of halogens is 3. The first-order valence-electron chi connectivity index (χ1n) is 4.38. The van der Waals surface area contributed by atoms with Gasteiger partial charge in [-0.15, -0.1) is 0 Å². The van der Waals surface area contributed by atoms with E-state index in [1.165, 1.54) is 19.1 Å². The Labute approximate surface area is 138 Å². The first kappa shape index (κ1) is 16.9. The van der Waals surface area contributed by atoms with Gasteiger partial charge in [-0.3, -0.25) is 10.1 Å². The van der Waals surface area contributed by atoms with Gasteiger partial charge in [-0.25, -0.2) is 0 Å². The van der Waals surface area contributed by atoms with Gasteiger partial charge >= 0.3 is 58.4 Å². The standard InChI is InChI=1S/C8H8BF3NO3.K/c1-6-2-3-7(13(14)15)4-8(6)16-5-9(10,11)12;/h2-4H,5H2,1H3;/q-1;+1. The van der Waals surface area contributed by atoms with Crippen LogP contribution in [0.3, 0.4) is 0 Å². The molecule has 0 unspecified atom stereocenters. The molecule has 1 aromatic rings. The van der Waals surface area contributed by atoms with Crippen LogP contribution in [0, 0.1) is 17.0 Å². The summed E-state index contributed by atoms with van der Waals surface area (Å²) in [5.74, 6) is -0.117. The Morgan fingerprint density at radius 1 is 1.41 bits per heavy atom. The van der Waals surface area contributed by atoms with Gasteiger partial charge in [-0.2, -0.15) is 0 Å². The molecule has 0 saturated carbocycles. The van der Waals surface area contributed by atoms with Gasteiger partial charge in [-0.1, -0.05) is 0 Å². The van der Waals surface area contributed by atoms with E-state index >= 15 is 0 Å². The van der Waals surface area contributed by atoms with Gasteiger partial charge in [0.25, 0.3) is 5.69 Å². The van der Waals surface area contributed by atoms with Gasteiger partial charge < -0.3 is 17.7 Å². The zero-order valence-corrected chi connectivity index (χ0v) is 12.4. The molecule has 0 bridgehead atoms. The van der Waals surface area contributed by atoms with Crippen LogP contribution in [0.25, 0.3) is 0 Å².